The maximum Gasteiger partial charge on any atom is 0.227 e. The molecule has 162 valence electrons. The van der Waals surface area contributed by atoms with Gasteiger partial charge in [0.1, 0.15) is 10.4 Å². The van der Waals surface area contributed by atoms with Crippen LogP contribution in [0.3, 0.4) is 0 Å². The quantitative estimate of drug-likeness (QED) is 0.266. The highest BCUT2D eigenvalue weighted by molar-refractivity contribution is 7.21. The summed E-state index contributed by atoms with van der Waals surface area (Å²) < 4.78 is 6.20. The van der Waals surface area contributed by atoms with E-state index in [1.807, 2.05) is 13.0 Å². The second-order valence-corrected chi connectivity index (χ2v) is 10.6. The molecule has 4 aromatic heterocycles. The number of pyridine rings is 2. The molecule has 0 aliphatic heterocycles. The Hall–Kier alpha value is -3.50. The van der Waals surface area contributed by atoms with Gasteiger partial charge in [0.2, 0.25) is 5.71 Å². The molecule has 0 saturated carbocycles. The smallest absolute Gasteiger partial charge is 0.227 e. The molecule has 2 aromatic carbocycles. The Morgan fingerprint density at radius 1 is 0.818 bits per heavy atom. The molecule has 0 aliphatic carbocycles. The first kappa shape index (κ1) is 20.1. The third-order valence-corrected chi connectivity index (χ3v) is 7.29. The first-order chi connectivity index (χ1) is 15.9. The molecule has 0 radical (unpaired) electrons. The van der Waals surface area contributed by atoms with E-state index in [4.69, 9.17) is 9.40 Å². The van der Waals surface area contributed by atoms with Crippen molar-refractivity contribution in [3.05, 3.63) is 84.1 Å². The van der Waals surface area contributed by atoms with E-state index in [1.54, 1.807) is 11.3 Å². The normalized spacial score (nSPS) is 12.2. The fraction of sp³-hybridized carbons (Fsp3) is 0.172. The van der Waals surface area contributed by atoms with Gasteiger partial charge in [-0.25, -0.2) is 9.97 Å². The van der Waals surface area contributed by atoms with E-state index in [-0.39, 0.29) is 5.41 Å². The fourth-order valence-corrected chi connectivity index (χ4v) is 5.35. The zero-order valence-corrected chi connectivity index (χ0v) is 20.0. The van der Waals surface area contributed by atoms with Crippen LogP contribution in [0.25, 0.3) is 54.0 Å². The third-order valence-electron chi connectivity index (χ3n) is 6.20. The number of para-hydroxylation sites is 1. The minimum Gasteiger partial charge on any atom is -0.437 e. The molecule has 4 heteroatoms. The Balaban J connectivity index is 1.44. The molecular formula is C29H24N2OS. The number of rotatable bonds is 2. The first-order valence-electron chi connectivity index (χ1n) is 11.2. The van der Waals surface area contributed by atoms with Crippen molar-refractivity contribution in [1.29, 1.82) is 0 Å². The average molecular weight is 449 g/mol. The monoisotopic (exact) mass is 448 g/mol. The zero-order chi connectivity index (χ0) is 22.7. The summed E-state index contributed by atoms with van der Waals surface area (Å²) in [5, 5.41) is 3.27. The van der Waals surface area contributed by atoms with E-state index in [1.165, 1.54) is 16.0 Å². The van der Waals surface area contributed by atoms with E-state index in [9.17, 15) is 0 Å². The molecule has 0 unspecified atom stereocenters. The van der Waals surface area contributed by atoms with E-state index in [2.05, 4.69) is 92.5 Å². The Morgan fingerprint density at radius 3 is 2.42 bits per heavy atom. The van der Waals surface area contributed by atoms with Crippen molar-refractivity contribution in [3.63, 3.8) is 0 Å². The molecule has 33 heavy (non-hydrogen) atoms. The van der Waals surface area contributed by atoms with Gasteiger partial charge in [-0.1, -0.05) is 57.2 Å². The molecule has 0 spiro atoms. The van der Waals surface area contributed by atoms with Crippen LogP contribution in [-0.4, -0.2) is 9.97 Å². The summed E-state index contributed by atoms with van der Waals surface area (Å²) in [4.78, 5) is 11.9. The zero-order valence-electron chi connectivity index (χ0n) is 19.1. The molecule has 3 nitrogen and oxygen atoms in total. The van der Waals surface area contributed by atoms with Gasteiger partial charge in [-0.3, -0.25) is 0 Å². The number of benzene rings is 2. The number of fused-ring (bicyclic) bond motifs is 4. The number of hydrogen-bond donors (Lipinski definition) is 0. The minimum absolute atomic E-state index is 0.154. The number of aryl methyl sites for hydroxylation is 1. The van der Waals surface area contributed by atoms with Crippen LogP contribution in [-0.2, 0) is 5.41 Å². The van der Waals surface area contributed by atoms with Gasteiger partial charge in [0, 0.05) is 32.3 Å². The molecular weight excluding hydrogens is 424 g/mol. The molecule has 6 rings (SSSR count). The maximum atomic E-state index is 6.20. The second kappa shape index (κ2) is 7.26. The lowest BCUT2D eigenvalue weighted by molar-refractivity contribution is 0.590. The summed E-state index contributed by atoms with van der Waals surface area (Å²) in [6.07, 6.45) is 0. The molecule has 4 heterocycles. The fourth-order valence-electron chi connectivity index (χ4n) is 4.32. The Morgan fingerprint density at radius 2 is 1.64 bits per heavy atom. The number of hydrogen-bond acceptors (Lipinski definition) is 4. The molecule has 0 bridgehead atoms. The Kier molecular flexibility index (Phi) is 4.43. The predicted molar refractivity (Wildman–Crippen MR) is 139 cm³/mol. The molecule has 0 aliphatic rings. The van der Waals surface area contributed by atoms with Crippen molar-refractivity contribution in [3.8, 4) is 21.7 Å². The van der Waals surface area contributed by atoms with Gasteiger partial charge in [-0.05, 0) is 59.9 Å². The number of furan rings is 1. The predicted octanol–water partition coefficient (Wildman–Crippen LogP) is 8.53. The molecule has 0 N–H and O–H groups in total. The van der Waals surface area contributed by atoms with Crippen molar-refractivity contribution in [2.24, 2.45) is 0 Å². The van der Waals surface area contributed by atoms with Crippen molar-refractivity contribution in [2.75, 3.05) is 0 Å². The maximum absolute atomic E-state index is 6.20. The molecule has 6 aromatic rings. The van der Waals surface area contributed by atoms with Gasteiger partial charge < -0.3 is 4.42 Å². The standard InChI is InChI=1S/C29H24N2OS/c1-17-8-14-22-21-6-5-7-23(26(21)32-27(22)30-17)24-15-11-19-16-25(33-28(19)31-24)18-9-12-20(13-10-18)29(2,3)4/h5-16H,1-4H3. The van der Waals surface area contributed by atoms with Crippen LogP contribution in [0.5, 0.6) is 0 Å². The lowest BCUT2D eigenvalue weighted by Crippen LogP contribution is -2.10. The number of aromatic nitrogens is 2. The highest BCUT2D eigenvalue weighted by Crippen LogP contribution is 2.38. The largest absolute Gasteiger partial charge is 0.437 e. The van der Waals surface area contributed by atoms with Gasteiger partial charge in [-0.15, -0.1) is 11.3 Å². The van der Waals surface area contributed by atoms with Crippen LogP contribution in [0.2, 0.25) is 0 Å². The average Bonchev–Trinajstić information content (AvgIpc) is 3.38. The van der Waals surface area contributed by atoms with E-state index in [0.717, 1.165) is 43.5 Å². The van der Waals surface area contributed by atoms with Crippen LogP contribution in [0.1, 0.15) is 32.0 Å². The SMILES string of the molecule is Cc1ccc2c(n1)oc1c(-c3ccc4cc(-c5ccc(C(C)(C)C)cc5)sc4n3)cccc12. The summed E-state index contributed by atoms with van der Waals surface area (Å²) >= 11 is 1.73. The van der Waals surface area contributed by atoms with E-state index in [0.29, 0.717) is 5.71 Å². The van der Waals surface area contributed by atoms with Gasteiger partial charge in [0.05, 0.1) is 5.69 Å². The summed E-state index contributed by atoms with van der Waals surface area (Å²) in [5.74, 6) is 0. The van der Waals surface area contributed by atoms with Crippen LogP contribution in [0, 0.1) is 6.92 Å². The minimum atomic E-state index is 0.154. The van der Waals surface area contributed by atoms with Crippen LogP contribution < -0.4 is 0 Å². The Bertz CT molecular complexity index is 1650. The van der Waals surface area contributed by atoms with Crippen molar-refractivity contribution < 1.29 is 4.42 Å². The number of nitrogens with zero attached hydrogens (tertiary/aromatic N) is 2. The summed E-state index contributed by atoms with van der Waals surface area (Å²) in [6.45, 7) is 8.71. The van der Waals surface area contributed by atoms with Gasteiger partial charge >= 0.3 is 0 Å². The summed E-state index contributed by atoms with van der Waals surface area (Å²) in [7, 11) is 0. The van der Waals surface area contributed by atoms with Crippen molar-refractivity contribution in [1.82, 2.24) is 9.97 Å². The van der Waals surface area contributed by atoms with E-state index >= 15 is 0 Å². The van der Waals surface area contributed by atoms with Gasteiger partial charge in [-0.2, -0.15) is 0 Å². The lowest BCUT2D eigenvalue weighted by Gasteiger charge is -2.18. The summed E-state index contributed by atoms with van der Waals surface area (Å²) in [5.41, 5.74) is 7.10. The topological polar surface area (TPSA) is 38.9 Å². The van der Waals surface area contributed by atoms with Crippen molar-refractivity contribution >= 4 is 43.6 Å². The third kappa shape index (κ3) is 3.42. The molecule has 0 amide bonds. The van der Waals surface area contributed by atoms with Gasteiger partial charge in [0.15, 0.2) is 0 Å². The van der Waals surface area contributed by atoms with Crippen LogP contribution in [0.4, 0.5) is 0 Å². The Labute approximate surface area is 196 Å². The second-order valence-electron chi connectivity index (χ2n) is 9.62. The van der Waals surface area contributed by atoms with Gasteiger partial charge in [0.25, 0.3) is 0 Å². The van der Waals surface area contributed by atoms with Crippen LogP contribution in [0.15, 0.2) is 77.2 Å². The molecule has 0 atom stereocenters. The first-order valence-corrected chi connectivity index (χ1v) is 12.0. The lowest BCUT2D eigenvalue weighted by atomic mass is 9.86. The van der Waals surface area contributed by atoms with Crippen LogP contribution >= 0.6 is 11.3 Å². The van der Waals surface area contributed by atoms with Crippen molar-refractivity contribution in [2.45, 2.75) is 33.1 Å². The highest BCUT2D eigenvalue weighted by atomic mass is 32.1. The number of thiophene rings is 1. The summed E-state index contributed by atoms with van der Waals surface area (Å²) in [6, 6.07) is 25.7. The molecule has 0 saturated heterocycles. The highest BCUT2D eigenvalue weighted by Gasteiger charge is 2.16. The van der Waals surface area contributed by atoms with E-state index < -0.39 is 0 Å². The molecule has 0 fully saturated rings.